The van der Waals surface area contributed by atoms with E-state index < -0.39 is 0 Å². The number of fused-ring (bicyclic) bond motifs is 2. The number of nitrogens with zero attached hydrogens (tertiary/aromatic N) is 3. The zero-order valence-corrected chi connectivity index (χ0v) is 15.0. The molecule has 0 spiro atoms. The van der Waals surface area contributed by atoms with Crippen LogP contribution in [0.1, 0.15) is 59.7 Å². The molecule has 5 nitrogen and oxygen atoms in total. The van der Waals surface area contributed by atoms with Crippen LogP contribution < -0.4 is 5.32 Å². The Morgan fingerprint density at radius 1 is 1.28 bits per heavy atom. The topological polar surface area (TPSA) is 67.8 Å². The van der Waals surface area contributed by atoms with Gasteiger partial charge < -0.3 is 5.32 Å². The summed E-state index contributed by atoms with van der Waals surface area (Å²) in [6.45, 7) is 2.00. The van der Waals surface area contributed by atoms with E-state index in [1.54, 1.807) is 23.7 Å². The minimum Gasteiger partial charge on any atom is -0.345 e. The van der Waals surface area contributed by atoms with Crippen molar-refractivity contribution in [1.29, 1.82) is 0 Å². The summed E-state index contributed by atoms with van der Waals surface area (Å²) in [6.07, 6.45) is 10.8. The largest absolute Gasteiger partial charge is 0.345 e. The molecule has 4 rings (SSSR count). The van der Waals surface area contributed by atoms with Crippen LogP contribution in [0.25, 0.3) is 0 Å². The fourth-order valence-corrected chi connectivity index (χ4v) is 4.72. The molecule has 0 unspecified atom stereocenters. The van der Waals surface area contributed by atoms with Crippen molar-refractivity contribution in [2.45, 2.75) is 51.0 Å². The first kappa shape index (κ1) is 16.2. The van der Waals surface area contributed by atoms with E-state index in [0.29, 0.717) is 5.69 Å². The summed E-state index contributed by atoms with van der Waals surface area (Å²) in [5.41, 5.74) is 1.10. The highest BCUT2D eigenvalue weighted by Crippen LogP contribution is 2.53. The Labute approximate surface area is 151 Å². The van der Waals surface area contributed by atoms with Gasteiger partial charge in [-0.3, -0.25) is 9.78 Å². The van der Waals surface area contributed by atoms with E-state index in [4.69, 9.17) is 0 Å². The molecule has 2 aliphatic carbocycles. The molecule has 0 radical (unpaired) electrons. The highest BCUT2D eigenvalue weighted by atomic mass is 32.1. The van der Waals surface area contributed by atoms with Crippen molar-refractivity contribution >= 4 is 17.2 Å². The first-order valence-corrected chi connectivity index (χ1v) is 9.50. The molecule has 2 aliphatic rings. The number of thiazole rings is 1. The van der Waals surface area contributed by atoms with E-state index in [2.05, 4.69) is 32.1 Å². The van der Waals surface area contributed by atoms with Gasteiger partial charge in [0.1, 0.15) is 11.4 Å². The average Bonchev–Trinajstić information content (AvgIpc) is 3.15. The van der Waals surface area contributed by atoms with Crippen molar-refractivity contribution in [3.63, 3.8) is 0 Å². The van der Waals surface area contributed by atoms with Gasteiger partial charge in [-0.15, -0.1) is 11.3 Å². The van der Waals surface area contributed by atoms with Crippen LogP contribution in [0.3, 0.4) is 0 Å². The van der Waals surface area contributed by atoms with E-state index in [1.807, 2.05) is 12.3 Å². The molecule has 2 heterocycles. The zero-order valence-electron chi connectivity index (χ0n) is 14.2. The average molecular weight is 352 g/mol. The molecule has 1 N–H and O–H groups in total. The van der Waals surface area contributed by atoms with Crippen LogP contribution in [0.15, 0.2) is 24.0 Å². The van der Waals surface area contributed by atoms with Gasteiger partial charge in [-0.05, 0) is 51.4 Å². The Morgan fingerprint density at radius 3 is 2.96 bits per heavy atom. The number of rotatable bonds is 2. The highest BCUT2D eigenvalue weighted by Gasteiger charge is 2.51. The Balaban J connectivity index is 1.51. The van der Waals surface area contributed by atoms with Crippen LogP contribution in [0, 0.1) is 24.2 Å². The molecule has 0 saturated heterocycles. The lowest BCUT2D eigenvalue weighted by Gasteiger charge is -2.37. The number of aromatic nitrogens is 3. The standard InChI is InChI=1S/C19H20N4OS/c1-14-22-15(12-25-14)3-6-18-4-2-5-19(13-18,8-7-18)23-17(24)16-11-20-9-10-21-16/h9-12H,2,4-5,7-8,13H2,1H3,(H,23,24)/t18-,19+/m0/s1. The van der Waals surface area contributed by atoms with E-state index in [-0.39, 0.29) is 16.9 Å². The van der Waals surface area contributed by atoms with Crippen LogP contribution in [-0.4, -0.2) is 26.4 Å². The maximum absolute atomic E-state index is 12.5. The smallest absolute Gasteiger partial charge is 0.271 e. The monoisotopic (exact) mass is 352 g/mol. The Hall–Kier alpha value is -2.26. The molecule has 2 atom stereocenters. The molecular weight excluding hydrogens is 332 g/mol. The van der Waals surface area contributed by atoms with Gasteiger partial charge in [0, 0.05) is 28.7 Å². The molecule has 0 aromatic carbocycles. The molecule has 25 heavy (non-hydrogen) atoms. The van der Waals surface area contributed by atoms with Gasteiger partial charge in [0.25, 0.3) is 5.91 Å². The van der Waals surface area contributed by atoms with Crippen molar-refractivity contribution in [1.82, 2.24) is 20.3 Å². The van der Waals surface area contributed by atoms with Crippen molar-refractivity contribution in [3.8, 4) is 11.8 Å². The molecule has 0 aliphatic heterocycles. The number of amides is 1. The lowest BCUT2D eigenvalue weighted by molar-refractivity contribution is 0.0866. The molecular formula is C19H20N4OS. The van der Waals surface area contributed by atoms with E-state index in [9.17, 15) is 4.79 Å². The van der Waals surface area contributed by atoms with Crippen molar-refractivity contribution in [2.24, 2.45) is 5.41 Å². The lowest BCUT2D eigenvalue weighted by atomic mass is 9.73. The summed E-state index contributed by atoms with van der Waals surface area (Å²) >= 11 is 1.63. The lowest BCUT2D eigenvalue weighted by Crippen LogP contribution is -2.49. The van der Waals surface area contributed by atoms with Gasteiger partial charge in [0.05, 0.1) is 11.2 Å². The number of hydrogen-bond acceptors (Lipinski definition) is 5. The first-order valence-electron chi connectivity index (χ1n) is 8.62. The number of aryl methyl sites for hydroxylation is 1. The minimum atomic E-state index is -0.153. The summed E-state index contributed by atoms with van der Waals surface area (Å²) in [5.74, 6) is 6.65. The third-order valence-electron chi connectivity index (χ3n) is 5.32. The van der Waals surface area contributed by atoms with Crippen LogP contribution in [-0.2, 0) is 0 Å². The predicted octanol–water partition coefficient (Wildman–Crippen LogP) is 3.12. The maximum atomic E-state index is 12.5. The molecule has 2 aromatic heterocycles. The van der Waals surface area contributed by atoms with Gasteiger partial charge in [-0.1, -0.05) is 5.92 Å². The van der Waals surface area contributed by atoms with Crippen molar-refractivity contribution in [3.05, 3.63) is 40.4 Å². The Kier molecular flexibility index (Phi) is 4.04. The van der Waals surface area contributed by atoms with E-state index >= 15 is 0 Å². The molecule has 128 valence electrons. The number of carbonyl (C=O) groups excluding carboxylic acids is 1. The third kappa shape index (κ3) is 3.29. The number of hydrogen-bond donors (Lipinski definition) is 1. The summed E-state index contributed by atoms with van der Waals surface area (Å²) in [6, 6.07) is 0. The Bertz CT molecular complexity index is 853. The summed E-state index contributed by atoms with van der Waals surface area (Å²) in [5, 5.41) is 6.30. The van der Waals surface area contributed by atoms with Gasteiger partial charge in [-0.25, -0.2) is 9.97 Å². The molecule has 6 heteroatoms. The molecule has 1 amide bonds. The van der Waals surface area contributed by atoms with Crippen molar-refractivity contribution < 1.29 is 4.79 Å². The molecule has 2 bridgehead atoms. The number of carbonyl (C=O) groups is 1. The summed E-state index contributed by atoms with van der Waals surface area (Å²) in [7, 11) is 0. The van der Waals surface area contributed by atoms with E-state index in [0.717, 1.165) is 49.2 Å². The minimum absolute atomic E-state index is 0.00537. The first-order chi connectivity index (χ1) is 12.1. The summed E-state index contributed by atoms with van der Waals surface area (Å²) < 4.78 is 0. The molecule has 2 saturated carbocycles. The Morgan fingerprint density at radius 2 is 2.20 bits per heavy atom. The van der Waals surface area contributed by atoms with Gasteiger partial charge >= 0.3 is 0 Å². The second-order valence-electron chi connectivity index (χ2n) is 7.14. The van der Waals surface area contributed by atoms with Gasteiger partial charge in [0.2, 0.25) is 0 Å². The fourth-order valence-electron chi connectivity index (χ4n) is 4.17. The van der Waals surface area contributed by atoms with Crippen LogP contribution in [0.4, 0.5) is 0 Å². The van der Waals surface area contributed by atoms with E-state index in [1.165, 1.54) is 6.20 Å². The molecule has 2 aromatic rings. The summed E-state index contributed by atoms with van der Waals surface area (Å²) in [4.78, 5) is 25.1. The maximum Gasteiger partial charge on any atom is 0.271 e. The second kappa shape index (κ2) is 6.23. The second-order valence-corrected chi connectivity index (χ2v) is 8.20. The quantitative estimate of drug-likeness (QED) is 0.843. The fraction of sp³-hybridized carbons (Fsp3) is 0.474. The predicted molar refractivity (Wildman–Crippen MR) is 96.1 cm³/mol. The van der Waals surface area contributed by atoms with Crippen LogP contribution >= 0.6 is 11.3 Å². The van der Waals surface area contributed by atoms with Crippen LogP contribution in [0.2, 0.25) is 0 Å². The van der Waals surface area contributed by atoms with Crippen molar-refractivity contribution in [2.75, 3.05) is 0 Å². The van der Waals surface area contributed by atoms with Gasteiger partial charge in [-0.2, -0.15) is 0 Å². The van der Waals surface area contributed by atoms with Crippen LogP contribution in [0.5, 0.6) is 0 Å². The third-order valence-corrected chi connectivity index (χ3v) is 6.09. The zero-order chi connectivity index (χ0) is 17.3. The SMILES string of the molecule is Cc1nc(C#C[C@@]23CCC[C@@](NC(=O)c4cnccn4)(CC2)C3)cs1. The highest BCUT2D eigenvalue weighted by molar-refractivity contribution is 7.09. The molecule has 2 fully saturated rings. The van der Waals surface area contributed by atoms with Gasteiger partial charge in [0.15, 0.2) is 0 Å². The number of nitrogens with one attached hydrogen (secondary N) is 1. The normalized spacial score (nSPS) is 27.4.